The van der Waals surface area contributed by atoms with Crippen LogP contribution >= 0.6 is 0 Å². The van der Waals surface area contributed by atoms with Crippen LogP contribution in [0.3, 0.4) is 0 Å². The molecule has 4 heterocycles. The molecule has 0 saturated heterocycles. The number of hydrogen-bond acceptors (Lipinski definition) is 6. The molecule has 12 aromatic rings. The van der Waals surface area contributed by atoms with Crippen molar-refractivity contribution in [3.8, 4) is 39.9 Å². The molecule has 0 atom stereocenters. The summed E-state index contributed by atoms with van der Waals surface area (Å²) in [6.45, 7) is 0. The summed E-state index contributed by atoms with van der Waals surface area (Å²) in [5, 5.41) is 4.34. The first-order chi connectivity index (χ1) is 31.7. The molecule has 0 bridgehead atoms. The van der Waals surface area contributed by atoms with E-state index in [-0.39, 0.29) is 0 Å². The van der Waals surface area contributed by atoms with Gasteiger partial charge in [-0.2, -0.15) is 0 Å². The first kappa shape index (κ1) is 35.9. The highest BCUT2D eigenvalue weighted by Crippen LogP contribution is 2.56. The van der Waals surface area contributed by atoms with Gasteiger partial charge in [0.25, 0.3) is 0 Å². The molecule has 1 aliphatic heterocycles. The molecule has 9 aromatic carbocycles. The van der Waals surface area contributed by atoms with Crippen LogP contribution in [0.15, 0.2) is 223 Å². The first-order valence-electron chi connectivity index (χ1n) is 21.4. The van der Waals surface area contributed by atoms with Crippen LogP contribution in [0.25, 0.3) is 83.6 Å². The van der Waals surface area contributed by atoms with Crippen molar-refractivity contribution in [3.63, 3.8) is 0 Å². The third kappa shape index (κ3) is 5.65. The Morgan fingerprint density at radius 3 is 1.50 bits per heavy atom. The van der Waals surface area contributed by atoms with Gasteiger partial charge in [0, 0.05) is 49.7 Å². The molecule has 0 fully saturated rings. The van der Waals surface area contributed by atoms with Crippen molar-refractivity contribution in [1.82, 2.24) is 19.5 Å². The fraction of sp³-hybridized carbons (Fsp3) is 0. The zero-order chi connectivity index (χ0) is 42.1. The zero-order valence-electron chi connectivity index (χ0n) is 34.4. The predicted octanol–water partition coefficient (Wildman–Crippen LogP) is 15.1. The molecule has 0 N–H and O–H groups in total. The summed E-state index contributed by atoms with van der Waals surface area (Å²) in [5.41, 5.74) is 14.0. The third-order valence-corrected chi connectivity index (χ3v) is 12.3. The molecule has 7 nitrogen and oxygen atoms in total. The lowest BCUT2D eigenvalue weighted by atomic mass is 10.0. The lowest BCUT2D eigenvalue weighted by molar-refractivity contribution is 0.669. The van der Waals surface area contributed by atoms with E-state index < -0.39 is 0 Å². The van der Waals surface area contributed by atoms with Gasteiger partial charge < -0.3 is 18.8 Å². The molecule has 0 radical (unpaired) electrons. The molecular weight excluding hydrogens is 785 g/mol. The monoisotopic (exact) mass is 820 g/mol. The number of furan rings is 1. The normalized spacial score (nSPS) is 12.3. The summed E-state index contributed by atoms with van der Waals surface area (Å²) >= 11 is 0. The number of hydrogen-bond donors (Lipinski definition) is 0. The second kappa shape index (κ2) is 14.4. The summed E-state index contributed by atoms with van der Waals surface area (Å²) < 4.78 is 9.18. The number of fused-ring (bicyclic) bond motifs is 8. The maximum atomic E-state index is 6.78. The van der Waals surface area contributed by atoms with Gasteiger partial charge in [-0.1, -0.05) is 140 Å². The molecule has 0 unspecified atom stereocenters. The van der Waals surface area contributed by atoms with Gasteiger partial charge in [0.2, 0.25) is 0 Å². The average Bonchev–Trinajstić information content (AvgIpc) is 3.91. The summed E-state index contributed by atoms with van der Waals surface area (Å²) in [7, 11) is 0. The minimum atomic E-state index is 0.554. The van der Waals surface area contributed by atoms with Crippen LogP contribution in [-0.4, -0.2) is 19.5 Å². The van der Waals surface area contributed by atoms with E-state index >= 15 is 0 Å². The molecule has 0 saturated carbocycles. The Bertz CT molecular complexity index is 3680. The standard InChI is InChI=1S/C57H36N6O/c1-5-18-37(19-6-1)55-58-56(38-20-7-2-8-21-38)60-57(59-55)44-28-17-27-43-46-34-41(32-33-53(46)64-54(43)44)63-47-29-14-13-26-42(47)45-35-51-52(36-50(45)63)62(40-24-11-4-12-25-40)49-31-16-15-30-48(49)61(51)39-22-9-3-10-23-39/h1-36H. The maximum absolute atomic E-state index is 6.78. The van der Waals surface area contributed by atoms with Crippen LogP contribution in [0.5, 0.6) is 0 Å². The molecule has 1 aliphatic rings. The number of rotatable bonds is 6. The van der Waals surface area contributed by atoms with Crippen LogP contribution in [0.1, 0.15) is 0 Å². The van der Waals surface area contributed by atoms with E-state index in [9.17, 15) is 0 Å². The number of anilines is 6. The Hall–Kier alpha value is -8.81. The Morgan fingerprint density at radius 1 is 0.328 bits per heavy atom. The molecule has 13 rings (SSSR count). The fourth-order valence-electron chi connectivity index (χ4n) is 9.47. The van der Waals surface area contributed by atoms with Crippen LogP contribution in [0.4, 0.5) is 34.1 Å². The van der Waals surface area contributed by atoms with E-state index in [2.05, 4.69) is 166 Å². The van der Waals surface area contributed by atoms with E-state index in [0.717, 1.165) is 89.5 Å². The van der Waals surface area contributed by atoms with Gasteiger partial charge in [0.05, 0.1) is 39.3 Å². The largest absolute Gasteiger partial charge is 0.455 e. The zero-order valence-corrected chi connectivity index (χ0v) is 34.4. The van der Waals surface area contributed by atoms with Crippen LogP contribution in [-0.2, 0) is 0 Å². The van der Waals surface area contributed by atoms with Crippen molar-refractivity contribution < 1.29 is 4.42 Å². The second-order valence-corrected chi connectivity index (χ2v) is 16.0. The Labute approximate surface area is 368 Å². The first-order valence-corrected chi connectivity index (χ1v) is 21.4. The number of benzene rings is 9. The molecular formula is C57H36N6O. The molecule has 64 heavy (non-hydrogen) atoms. The molecule has 7 heteroatoms. The van der Waals surface area contributed by atoms with E-state index in [1.807, 2.05) is 66.7 Å². The van der Waals surface area contributed by atoms with Crippen LogP contribution in [0, 0.1) is 0 Å². The summed E-state index contributed by atoms with van der Waals surface area (Å²) in [6, 6.07) is 76.3. The lowest BCUT2D eigenvalue weighted by Crippen LogP contribution is -2.24. The van der Waals surface area contributed by atoms with Gasteiger partial charge in [0.1, 0.15) is 11.2 Å². The minimum absolute atomic E-state index is 0.554. The number of para-hydroxylation sites is 6. The highest BCUT2D eigenvalue weighted by molar-refractivity contribution is 6.16. The summed E-state index contributed by atoms with van der Waals surface area (Å²) in [6.07, 6.45) is 0. The topological polar surface area (TPSA) is 63.2 Å². The Balaban J connectivity index is 1.02. The molecule has 300 valence electrons. The second-order valence-electron chi connectivity index (χ2n) is 16.0. The smallest absolute Gasteiger partial charge is 0.167 e. The predicted molar refractivity (Wildman–Crippen MR) is 261 cm³/mol. The Morgan fingerprint density at radius 2 is 0.859 bits per heavy atom. The van der Waals surface area contributed by atoms with Gasteiger partial charge in [0.15, 0.2) is 17.5 Å². The van der Waals surface area contributed by atoms with Gasteiger partial charge in [-0.25, -0.2) is 15.0 Å². The third-order valence-electron chi connectivity index (χ3n) is 12.3. The number of nitrogens with zero attached hydrogens (tertiary/aromatic N) is 6. The molecule has 0 aliphatic carbocycles. The van der Waals surface area contributed by atoms with E-state index in [0.29, 0.717) is 17.5 Å². The average molecular weight is 821 g/mol. The highest BCUT2D eigenvalue weighted by atomic mass is 16.3. The van der Waals surface area contributed by atoms with Crippen LogP contribution < -0.4 is 9.80 Å². The van der Waals surface area contributed by atoms with Crippen molar-refractivity contribution in [1.29, 1.82) is 0 Å². The minimum Gasteiger partial charge on any atom is -0.455 e. The van der Waals surface area contributed by atoms with Crippen molar-refractivity contribution in [3.05, 3.63) is 218 Å². The van der Waals surface area contributed by atoms with Crippen molar-refractivity contribution in [2.45, 2.75) is 0 Å². The molecule has 3 aromatic heterocycles. The van der Waals surface area contributed by atoms with Gasteiger partial charge in [-0.3, -0.25) is 0 Å². The van der Waals surface area contributed by atoms with Gasteiger partial charge in [-0.05, 0) is 78.9 Å². The Kier molecular flexibility index (Phi) is 8.08. The fourth-order valence-corrected chi connectivity index (χ4v) is 9.47. The van der Waals surface area contributed by atoms with Crippen molar-refractivity contribution in [2.75, 3.05) is 9.80 Å². The van der Waals surface area contributed by atoms with Gasteiger partial charge >= 0.3 is 0 Å². The van der Waals surface area contributed by atoms with Crippen molar-refractivity contribution in [2.24, 2.45) is 0 Å². The van der Waals surface area contributed by atoms with Crippen molar-refractivity contribution >= 4 is 77.9 Å². The highest BCUT2D eigenvalue weighted by Gasteiger charge is 2.32. The summed E-state index contributed by atoms with van der Waals surface area (Å²) in [4.78, 5) is 19.8. The van der Waals surface area contributed by atoms with Gasteiger partial charge in [-0.15, -0.1) is 0 Å². The summed E-state index contributed by atoms with van der Waals surface area (Å²) in [5.74, 6) is 1.77. The van der Waals surface area contributed by atoms with Crippen LogP contribution in [0.2, 0.25) is 0 Å². The molecule has 0 amide bonds. The number of aromatic nitrogens is 4. The quantitative estimate of drug-likeness (QED) is 0.166. The SMILES string of the molecule is c1ccc(-c2nc(-c3ccccc3)nc(-c3cccc4c3oc3ccc(-n5c6ccccc6c6cc7c(cc65)N(c5ccccc5)c5ccccc5N7c5ccccc5)cc34)n2)cc1. The molecule has 0 spiro atoms. The van der Waals surface area contributed by atoms with E-state index in [1.54, 1.807) is 0 Å². The van der Waals surface area contributed by atoms with E-state index in [4.69, 9.17) is 19.4 Å². The van der Waals surface area contributed by atoms with E-state index in [1.165, 1.54) is 10.8 Å². The maximum Gasteiger partial charge on any atom is 0.167 e. The lowest BCUT2D eigenvalue weighted by Gasteiger charge is -2.40.